The number of hydrogen-bond donors (Lipinski definition) is 1. The fourth-order valence-electron chi connectivity index (χ4n) is 2.81. The lowest BCUT2D eigenvalue weighted by Crippen LogP contribution is -2.42. The van der Waals surface area contributed by atoms with Crippen molar-refractivity contribution in [3.63, 3.8) is 0 Å². The van der Waals surface area contributed by atoms with Crippen LogP contribution < -0.4 is 10.2 Å². The maximum Gasteiger partial charge on any atom is 0.0398 e. The van der Waals surface area contributed by atoms with Crippen molar-refractivity contribution in [1.82, 2.24) is 5.32 Å². The molecule has 0 bridgehead atoms. The second-order valence-corrected chi connectivity index (χ2v) is 6.10. The third-order valence-corrected chi connectivity index (χ3v) is 3.68. The van der Waals surface area contributed by atoms with E-state index in [1.54, 1.807) is 0 Å². The van der Waals surface area contributed by atoms with E-state index in [0.717, 1.165) is 19.6 Å². The maximum absolute atomic E-state index is 3.48. The van der Waals surface area contributed by atoms with E-state index < -0.39 is 0 Å². The number of rotatable bonds is 5. The van der Waals surface area contributed by atoms with Crippen LogP contribution in [-0.2, 0) is 6.42 Å². The summed E-state index contributed by atoms with van der Waals surface area (Å²) in [6.07, 6.45) is 2.52. The number of benzene rings is 1. The van der Waals surface area contributed by atoms with Gasteiger partial charge in [0.25, 0.3) is 0 Å². The Balaban J connectivity index is 2.06. The molecule has 0 aliphatic carbocycles. The average Bonchev–Trinajstić information content (AvgIpc) is 2.37. The first-order chi connectivity index (χ1) is 8.62. The lowest BCUT2D eigenvalue weighted by Gasteiger charge is -2.37. The molecule has 0 amide bonds. The zero-order chi connectivity index (χ0) is 13.0. The van der Waals surface area contributed by atoms with Gasteiger partial charge in [0.15, 0.2) is 0 Å². The van der Waals surface area contributed by atoms with Gasteiger partial charge in [0.1, 0.15) is 0 Å². The van der Waals surface area contributed by atoms with Gasteiger partial charge in [0, 0.05) is 25.3 Å². The highest BCUT2D eigenvalue weighted by Crippen LogP contribution is 2.29. The highest BCUT2D eigenvalue weighted by atomic mass is 15.1. The van der Waals surface area contributed by atoms with Crippen molar-refractivity contribution < 1.29 is 0 Å². The first-order valence-electron chi connectivity index (χ1n) is 7.16. The molecule has 1 aromatic rings. The first-order valence-corrected chi connectivity index (χ1v) is 7.16. The number of hydrogen-bond acceptors (Lipinski definition) is 2. The summed E-state index contributed by atoms with van der Waals surface area (Å²) in [5.74, 6) is 0. The molecule has 0 saturated heterocycles. The van der Waals surface area contributed by atoms with Gasteiger partial charge in [-0.1, -0.05) is 39.0 Å². The van der Waals surface area contributed by atoms with Crippen LogP contribution in [0.4, 0.5) is 5.69 Å². The highest BCUT2D eigenvalue weighted by Gasteiger charge is 2.24. The van der Waals surface area contributed by atoms with Gasteiger partial charge >= 0.3 is 0 Å². The first kappa shape index (κ1) is 13.4. The fourth-order valence-corrected chi connectivity index (χ4v) is 2.81. The summed E-state index contributed by atoms with van der Waals surface area (Å²) in [6.45, 7) is 11.4. The molecule has 0 radical (unpaired) electrons. The Labute approximate surface area is 111 Å². The number of nitrogens with zero attached hydrogens (tertiary/aromatic N) is 1. The molecular formula is C16H26N2. The standard InChI is InChI=1S/C16H26N2/c1-4-17-12-16(2,3)13-18-11-7-9-14-8-5-6-10-15(14)18/h5-6,8,10,17H,4,7,9,11-13H2,1-3H3. The van der Waals surface area contributed by atoms with Crippen molar-refractivity contribution in [2.45, 2.75) is 33.6 Å². The van der Waals surface area contributed by atoms with Crippen LogP contribution in [0.1, 0.15) is 32.8 Å². The Hall–Kier alpha value is -1.02. The smallest absolute Gasteiger partial charge is 0.0398 e. The summed E-state index contributed by atoms with van der Waals surface area (Å²) in [4.78, 5) is 2.57. The quantitative estimate of drug-likeness (QED) is 0.859. The molecule has 0 spiro atoms. The summed E-state index contributed by atoms with van der Waals surface area (Å²) < 4.78 is 0. The molecule has 1 aliphatic rings. The number of para-hydroxylation sites is 1. The van der Waals surface area contributed by atoms with Gasteiger partial charge in [-0.25, -0.2) is 0 Å². The van der Waals surface area contributed by atoms with E-state index in [2.05, 4.69) is 55.3 Å². The second-order valence-electron chi connectivity index (χ2n) is 6.10. The van der Waals surface area contributed by atoms with Gasteiger partial charge in [-0.3, -0.25) is 0 Å². The summed E-state index contributed by atoms with van der Waals surface area (Å²) >= 11 is 0. The molecule has 0 unspecified atom stereocenters. The number of aryl methyl sites for hydroxylation is 1. The van der Waals surface area contributed by atoms with Crippen LogP contribution in [0, 0.1) is 5.41 Å². The minimum Gasteiger partial charge on any atom is -0.371 e. The molecule has 2 heteroatoms. The van der Waals surface area contributed by atoms with Crippen molar-refractivity contribution in [3.05, 3.63) is 29.8 Å². The zero-order valence-electron chi connectivity index (χ0n) is 12.0. The molecule has 0 atom stereocenters. The van der Waals surface area contributed by atoms with E-state index in [1.807, 2.05) is 0 Å². The Morgan fingerprint density at radius 1 is 1.28 bits per heavy atom. The fraction of sp³-hybridized carbons (Fsp3) is 0.625. The minimum absolute atomic E-state index is 0.320. The van der Waals surface area contributed by atoms with Gasteiger partial charge < -0.3 is 10.2 Å². The maximum atomic E-state index is 3.48. The third-order valence-electron chi connectivity index (χ3n) is 3.68. The lowest BCUT2D eigenvalue weighted by atomic mass is 9.90. The van der Waals surface area contributed by atoms with Crippen LogP contribution in [0.2, 0.25) is 0 Å². The molecule has 2 rings (SSSR count). The Bertz CT molecular complexity index is 384. The molecule has 1 aromatic carbocycles. The molecule has 0 fully saturated rings. The van der Waals surface area contributed by atoms with Crippen LogP contribution in [0.3, 0.4) is 0 Å². The van der Waals surface area contributed by atoms with E-state index >= 15 is 0 Å². The van der Waals surface area contributed by atoms with E-state index in [-0.39, 0.29) is 0 Å². The largest absolute Gasteiger partial charge is 0.371 e. The molecule has 2 nitrogen and oxygen atoms in total. The van der Waals surface area contributed by atoms with Crippen molar-refractivity contribution in [3.8, 4) is 0 Å². The number of nitrogens with one attached hydrogen (secondary N) is 1. The molecule has 0 aromatic heterocycles. The van der Waals surface area contributed by atoms with E-state index in [9.17, 15) is 0 Å². The van der Waals surface area contributed by atoms with Crippen LogP contribution in [0.15, 0.2) is 24.3 Å². The van der Waals surface area contributed by atoms with E-state index in [1.165, 1.54) is 30.6 Å². The van der Waals surface area contributed by atoms with Crippen molar-refractivity contribution in [2.75, 3.05) is 31.1 Å². The van der Waals surface area contributed by atoms with Gasteiger partial charge in [-0.15, -0.1) is 0 Å². The molecule has 1 N–H and O–H groups in total. The number of anilines is 1. The normalized spacial score (nSPS) is 15.6. The Morgan fingerprint density at radius 3 is 2.83 bits per heavy atom. The monoisotopic (exact) mass is 246 g/mol. The summed E-state index contributed by atoms with van der Waals surface area (Å²) in [7, 11) is 0. The van der Waals surface area contributed by atoms with Gasteiger partial charge in [0.2, 0.25) is 0 Å². The van der Waals surface area contributed by atoms with E-state index in [0.29, 0.717) is 5.41 Å². The molecule has 1 aliphatic heterocycles. The van der Waals surface area contributed by atoms with E-state index in [4.69, 9.17) is 0 Å². The molecule has 1 heterocycles. The SMILES string of the molecule is CCNCC(C)(C)CN1CCCc2ccccc21. The Morgan fingerprint density at radius 2 is 2.06 bits per heavy atom. The van der Waals surface area contributed by atoms with Gasteiger partial charge in [0.05, 0.1) is 0 Å². The third kappa shape index (κ3) is 3.26. The van der Waals surface area contributed by atoms with Crippen LogP contribution >= 0.6 is 0 Å². The average molecular weight is 246 g/mol. The summed E-state index contributed by atoms with van der Waals surface area (Å²) in [6, 6.07) is 8.87. The predicted molar refractivity (Wildman–Crippen MR) is 79.3 cm³/mol. The lowest BCUT2D eigenvalue weighted by molar-refractivity contribution is 0.342. The highest BCUT2D eigenvalue weighted by molar-refractivity contribution is 5.55. The molecule has 100 valence electrons. The van der Waals surface area contributed by atoms with Crippen LogP contribution in [-0.4, -0.2) is 26.2 Å². The second kappa shape index (κ2) is 5.75. The molecule has 0 saturated carbocycles. The predicted octanol–water partition coefficient (Wildman–Crippen LogP) is 3.07. The topological polar surface area (TPSA) is 15.3 Å². The van der Waals surface area contributed by atoms with Crippen LogP contribution in [0.25, 0.3) is 0 Å². The molecule has 18 heavy (non-hydrogen) atoms. The van der Waals surface area contributed by atoms with Gasteiger partial charge in [-0.05, 0) is 36.4 Å². The zero-order valence-corrected chi connectivity index (χ0v) is 12.0. The summed E-state index contributed by atoms with van der Waals surface area (Å²) in [5, 5.41) is 3.48. The van der Waals surface area contributed by atoms with Crippen molar-refractivity contribution >= 4 is 5.69 Å². The van der Waals surface area contributed by atoms with Crippen LogP contribution in [0.5, 0.6) is 0 Å². The summed E-state index contributed by atoms with van der Waals surface area (Å²) in [5.41, 5.74) is 3.29. The number of fused-ring (bicyclic) bond motifs is 1. The Kier molecular flexibility index (Phi) is 4.28. The van der Waals surface area contributed by atoms with Crippen molar-refractivity contribution in [2.24, 2.45) is 5.41 Å². The van der Waals surface area contributed by atoms with Crippen molar-refractivity contribution in [1.29, 1.82) is 0 Å². The van der Waals surface area contributed by atoms with Gasteiger partial charge in [-0.2, -0.15) is 0 Å². The minimum atomic E-state index is 0.320. The molecular weight excluding hydrogens is 220 g/mol.